The molecule has 5 heteroatoms. The predicted octanol–water partition coefficient (Wildman–Crippen LogP) is 1.65. The van der Waals surface area contributed by atoms with Gasteiger partial charge in [0.25, 0.3) is 5.91 Å². The molecule has 21 heavy (non-hydrogen) atoms. The lowest BCUT2D eigenvalue weighted by molar-refractivity contribution is 0.102. The number of pyridine rings is 1. The second-order valence-corrected chi connectivity index (χ2v) is 4.09. The average molecular weight is 281 g/mol. The van der Waals surface area contributed by atoms with Gasteiger partial charge in [-0.2, -0.15) is 0 Å². The fraction of sp³-hybridized carbons (Fsp3) is 0.125. The van der Waals surface area contributed by atoms with Crippen LogP contribution in [-0.4, -0.2) is 24.5 Å². The molecule has 0 atom stereocenters. The van der Waals surface area contributed by atoms with Crippen LogP contribution in [0.1, 0.15) is 16.1 Å². The summed E-state index contributed by atoms with van der Waals surface area (Å²) in [5.74, 6) is 5.96. The summed E-state index contributed by atoms with van der Waals surface area (Å²) in [6.45, 7) is 0.231. The van der Waals surface area contributed by atoms with Crippen LogP contribution < -0.4 is 15.8 Å². The number of anilines is 1. The molecular formula is C16H15N3O2. The second-order valence-electron chi connectivity index (χ2n) is 4.09. The predicted molar refractivity (Wildman–Crippen MR) is 81.1 cm³/mol. The largest absolute Gasteiger partial charge is 0.497 e. The molecule has 0 saturated carbocycles. The van der Waals surface area contributed by atoms with Gasteiger partial charge in [-0.1, -0.05) is 11.8 Å². The van der Waals surface area contributed by atoms with Crippen molar-refractivity contribution in [2.45, 2.75) is 0 Å². The van der Waals surface area contributed by atoms with Crippen LogP contribution >= 0.6 is 0 Å². The smallest absolute Gasteiger partial charge is 0.275 e. The van der Waals surface area contributed by atoms with Crippen LogP contribution in [0.2, 0.25) is 0 Å². The van der Waals surface area contributed by atoms with Crippen LogP contribution in [0.4, 0.5) is 5.69 Å². The molecule has 0 aliphatic carbocycles. The molecular weight excluding hydrogens is 266 g/mol. The van der Waals surface area contributed by atoms with Crippen LogP contribution in [0.3, 0.4) is 0 Å². The van der Waals surface area contributed by atoms with E-state index in [0.29, 0.717) is 11.3 Å². The zero-order valence-electron chi connectivity index (χ0n) is 11.6. The molecule has 2 rings (SSSR count). The Morgan fingerprint density at radius 1 is 1.33 bits per heavy atom. The first-order chi connectivity index (χ1) is 10.2. The van der Waals surface area contributed by atoms with E-state index >= 15 is 0 Å². The van der Waals surface area contributed by atoms with E-state index in [-0.39, 0.29) is 18.1 Å². The monoisotopic (exact) mass is 281 g/mol. The summed E-state index contributed by atoms with van der Waals surface area (Å²) in [6.07, 6.45) is 1.55. The highest BCUT2D eigenvalue weighted by Crippen LogP contribution is 2.16. The molecule has 0 aliphatic rings. The summed E-state index contributed by atoms with van der Waals surface area (Å²) in [5.41, 5.74) is 6.83. The molecule has 106 valence electrons. The standard InChI is InChI=1S/C16H15N3O2/c1-21-14-8-6-13(7-9-14)19-16(20)15-12(4-2-10-17)5-3-11-18-15/h3,5-9,11H,10,17H2,1H3,(H,19,20). The van der Waals surface area contributed by atoms with Crippen LogP contribution in [0.5, 0.6) is 5.75 Å². The van der Waals surface area contributed by atoms with E-state index in [0.717, 1.165) is 5.75 Å². The number of ether oxygens (including phenoxy) is 1. The van der Waals surface area contributed by atoms with Gasteiger partial charge in [0.1, 0.15) is 11.4 Å². The van der Waals surface area contributed by atoms with Gasteiger partial charge in [0.05, 0.1) is 19.2 Å². The van der Waals surface area contributed by atoms with E-state index in [4.69, 9.17) is 10.5 Å². The van der Waals surface area contributed by atoms with E-state index in [9.17, 15) is 4.79 Å². The summed E-state index contributed by atoms with van der Waals surface area (Å²) in [4.78, 5) is 16.3. The van der Waals surface area contributed by atoms with Gasteiger partial charge >= 0.3 is 0 Å². The summed E-state index contributed by atoms with van der Waals surface area (Å²) < 4.78 is 5.07. The number of nitrogens with zero attached hydrogens (tertiary/aromatic N) is 1. The summed E-state index contributed by atoms with van der Waals surface area (Å²) in [6, 6.07) is 10.5. The van der Waals surface area contributed by atoms with Gasteiger partial charge in [-0.05, 0) is 36.4 Å². The van der Waals surface area contributed by atoms with Gasteiger partial charge in [-0.3, -0.25) is 4.79 Å². The third kappa shape index (κ3) is 3.81. The third-order valence-corrected chi connectivity index (χ3v) is 2.70. The van der Waals surface area contributed by atoms with Crippen molar-refractivity contribution in [2.75, 3.05) is 19.0 Å². The molecule has 2 aromatic rings. The van der Waals surface area contributed by atoms with E-state index in [1.54, 1.807) is 49.7 Å². The van der Waals surface area contributed by atoms with Crippen molar-refractivity contribution < 1.29 is 9.53 Å². The lowest BCUT2D eigenvalue weighted by Gasteiger charge is -2.07. The molecule has 0 bridgehead atoms. The first kappa shape index (κ1) is 14.6. The van der Waals surface area contributed by atoms with Gasteiger partial charge in [0, 0.05) is 11.9 Å². The molecule has 0 radical (unpaired) electrons. The van der Waals surface area contributed by atoms with E-state index < -0.39 is 0 Å². The summed E-state index contributed by atoms with van der Waals surface area (Å²) in [5, 5.41) is 2.77. The zero-order chi connectivity index (χ0) is 15.1. The van der Waals surface area contributed by atoms with Crippen LogP contribution in [0, 0.1) is 11.8 Å². The van der Waals surface area contributed by atoms with Crippen LogP contribution in [0.25, 0.3) is 0 Å². The third-order valence-electron chi connectivity index (χ3n) is 2.70. The Morgan fingerprint density at radius 3 is 2.76 bits per heavy atom. The number of nitrogens with one attached hydrogen (secondary N) is 1. The first-order valence-electron chi connectivity index (χ1n) is 6.34. The normalized spacial score (nSPS) is 9.43. The van der Waals surface area contributed by atoms with Crippen molar-refractivity contribution in [1.82, 2.24) is 4.98 Å². The van der Waals surface area contributed by atoms with Crippen molar-refractivity contribution in [3.63, 3.8) is 0 Å². The van der Waals surface area contributed by atoms with Crippen molar-refractivity contribution in [2.24, 2.45) is 5.73 Å². The van der Waals surface area contributed by atoms with E-state index in [1.807, 2.05) is 0 Å². The second kappa shape index (κ2) is 7.08. The molecule has 0 saturated heterocycles. The van der Waals surface area contributed by atoms with Gasteiger partial charge < -0.3 is 15.8 Å². The number of hydrogen-bond donors (Lipinski definition) is 2. The zero-order valence-corrected chi connectivity index (χ0v) is 11.6. The molecule has 3 N–H and O–H groups in total. The molecule has 0 spiro atoms. The van der Waals surface area contributed by atoms with E-state index in [1.165, 1.54) is 0 Å². The molecule has 0 aliphatic heterocycles. The van der Waals surface area contributed by atoms with Gasteiger partial charge in [-0.15, -0.1) is 0 Å². The van der Waals surface area contributed by atoms with Crippen molar-refractivity contribution in [1.29, 1.82) is 0 Å². The Kier molecular flexibility index (Phi) is 4.91. The highest BCUT2D eigenvalue weighted by Gasteiger charge is 2.11. The maximum atomic E-state index is 12.2. The minimum atomic E-state index is -0.318. The fourth-order valence-electron chi connectivity index (χ4n) is 1.70. The number of benzene rings is 1. The highest BCUT2D eigenvalue weighted by atomic mass is 16.5. The maximum Gasteiger partial charge on any atom is 0.275 e. The number of rotatable bonds is 3. The number of aromatic nitrogens is 1. The number of carbonyl (C=O) groups excluding carboxylic acids is 1. The molecule has 1 aromatic heterocycles. The molecule has 1 amide bonds. The number of amides is 1. The Bertz CT molecular complexity index is 685. The topological polar surface area (TPSA) is 77.2 Å². The van der Waals surface area contributed by atoms with Gasteiger partial charge in [0.2, 0.25) is 0 Å². The minimum Gasteiger partial charge on any atom is -0.497 e. The maximum absolute atomic E-state index is 12.2. The number of nitrogens with two attached hydrogens (primary N) is 1. The van der Waals surface area contributed by atoms with Gasteiger partial charge in [0.15, 0.2) is 0 Å². The minimum absolute atomic E-state index is 0.231. The Hall–Kier alpha value is -2.84. The first-order valence-corrected chi connectivity index (χ1v) is 6.34. The van der Waals surface area contributed by atoms with Gasteiger partial charge in [-0.25, -0.2) is 4.98 Å². The lowest BCUT2D eigenvalue weighted by atomic mass is 10.2. The SMILES string of the molecule is COc1ccc(NC(=O)c2ncccc2C#CCN)cc1. The fourth-order valence-corrected chi connectivity index (χ4v) is 1.70. The highest BCUT2D eigenvalue weighted by molar-refractivity contribution is 6.04. The molecule has 1 aromatic carbocycles. The number of methoxy groups -OCH3 is 1. The Balaban J connectivity index is 2.19. The van der Waals surface area contributed by atoms with E-state index in [2.05, 4.69) is 22.1 Å². The molecule has 0 fully saturated rings. The summed E-state index contributed by atoms with van der Waals surface area (Å²) >= 11 is 0. The van der Waals surface area contributed by atoms with Crippen molar-refractivity contribution >= 4 is 11.6 Å². The van der Waals surface area contributed by atoms with Crippen LogP contribution in [0.15, 0.2) is 42.6 Å². The quantitative estimate of drug-likeness (QED) is 0.839. The molecule has 1 heterocycles. The number of hydrogen-bond acceptors (Lipinski definition) is 4. The average Bonchev–Trinajstić information content (AvgIpc) is 2.54. The number of carbonyl (C=O) groups is 1. The van der Waals surface area contributed by atoms with Crippen molar-refractivity contribution in [3.8, 4) is 17.6 Å². The van der Waals surface area contributed by atoms with Crippen LogP contribution in [-0.2, 0) is 0 Å². The molecule has 5 nitrogen and oxygen atoms in total. The molecule has 0 unspecified atom stereocenters. The Morgan fingerprint density at radius 2 is 2.10 bits per heavy atom. The summed E-state index contributed by atoms with van der Waals surface area (Å²) in [7, 11) is 1.59. The Labute approximate surface area is 123 Å². The lowest BCUT2D eigenvalue weighted by Crippen LogP contribution is -2.15. The van der Waals surface area contributed by atoms with Crippen molar-refractivity contribution in [3.05, 3.63) is 53.9 Å².